The van der Waals surface area contributed by atoms with E-state index < -0.39 is 40.6 Å². The van der Waals surface area contributed by atoms with Gasteiger partial charge in [0, 0.05) is 0 Å². The van der Waals surface area contributed by atoms with Crippen molar-refractivity contribution < 1.29 is 35.9 Å². The maximum Gasteiger partial charge on any atom is 0.420 e. The molecule has 106 valence electrons. The van der Waals surface area contributed by atoms with Crippen LogP contribution in [0.5, 0.6) is 5.75 Å². The van der Waals surface area contributed by atoms with Gasteiger partial charge in [0.2, 0.25) is 0 Å². The summed E-state index contributed by atoms with van der Waals surface area (Å²) in [7, 11) is 0.851. The number of hydrogen-bond donors (Lipinski definition) is 0. The molecule has 0 unspecified atom stereocenters. The first-order chi connectivity index (χ1) is 8.48. The Labute approximate surface area is 104 Å². The summed E-state index contributed by atoms with van der Waals surface area (Å²) in [6.45, 7) is 0.859. The molecule has 0 radical (unpaired) electrons. The molecule has 0 bridgehead atoms. The second-order valence-corrected chi connectivity index (χ2v) is 3.66. The van der Waals surface area contributed by atoms with Crippen molar-refractivity contribution in [3.05, 3.63) is 28.8 Å². The first-order valence-electron chi connectivity index (χ1n) is 4.86. The second-order valence-electron chi connectivity index (χ2n) is 3.66. The SMILES string of the molecule is COc1c(C(C)=O)cc(C(F)(F)F)cc1C(F)(F)F. The van der Waals surface area contributed by atoms with Crippen LogP contribution in [0.15, 0.2) is 12.1 Å². The Kier molecular flexibility index (Phi) is 3.83. The predicted octanol–water partition coefficient (Wildman–Crippen LogP) is 3.94. The number of carbonyl (C=O) groups excluding carboxylic acids is 1. The lowest BCUT2D eigenvalue weighted by molar-refractivity contribution is -0.143. The van der Waals surface area contributed by atoms with E-state index in [9.17, 15) is 31.1 Å². The van der Waals surface area contributed by atoms with Crippen molar-refractivity contribution >= 4 is 5.78 Å². The van der Waals surface area contributed by atoms with Gasteiger partial charge >= 0.3 is 12.4 Å². The molecular formula is C11H8F6O2. The minimum atomic E-state index is -5.06. The topological polar surface area (TPSA) is 26.3 Å². The summed E-state index contributed by atoms with van der Waals surface area (Å²) in [6.07, 6.45) is -10.0. The van der Waals surface area contributed by atoms with Crippen molar-refractivity contribution in [2.75, 3.05) is 7.11 Å². The molecule has 1 rings (SSSR count). The van der Waals surface area contributed by atoms with Gasteiger partial charge in [0.05, 0.1) is 23.8 Å². The van der Waals surface area contributed by atoms with Gasteiger partial charge in [0.25, 0.3) is 0 Å². The minimum Gasteiger partial charge on any atom is -0.495 e. The summed E-state index contributed by atoms with van der Waals surface area (Å²) in [4.78, 5) is 11.2. The molecular weight excluding hydrogens is 278 g/mol. The summed E-state index contributed by atoms with van der Waals surface area (Å²) in [5.41, 5.74) is -3.94. The molecule has 0 spiro atoms. The minimum absolute atomic E-state index is 0.0781. The number of alkyl halides is 6. The van der Waals surface area contributed by atoms with Crippen molar-refractivity contribution in [3.63, 3.8) is 0 Å². The number of rotatable bonds is 2. The van der Waals surface area contributed by atoms with E-state index in [2.05, 4.69) is 4.74 Å². The van der Waals surface area contributed by atoms with Crippen LogP contribution in [0.1, 0.15) is 28.4 Å². The number of Topliss-reactive ketones (excluding diaryl/α,β-unsaturated/α-hetero) is 1. The smallest absolute Gasteiger partial charge is 0.420 e. The molecule has 0 aliphatic rings. The summed E-state index contributed by atoms with van der Waals surface area (Å²) >= 11 is 0. The summed E-state index contributed by atoms with van der Waals surface area (Å²) in [5, 5.41) is 0. The van der Waals surface area contributed by atoms with Crippen LogP contribution in [0.25, 0.3) is 0 Å². The fourth-order valence-electron chi connectivity index (χ4n) is 1.48. The van der Waals surface area contributed by atoms with Gasteiger partial charge in [0.1, 0.15) is 5.75 Å². The average molecular weight is 286 g/mol. The van der Waals surface area contributed by atoms with E-state index in [-0.39, 0.29) is 6.07 Å². The molecule has 0 amide bonds. The van der Waals surface area contributed by atoms with E-state index in [0.717, 1.165) is 14.0 Å². The lowest BCUT2D eigenvalue weighted by Gasteiger charge is -2.17. The van der Waals surface area contributed by atoms with Gasteiger partial charge in [-0.1, -0.05) is 0 Å². The number of ketones is 1. The largest absolute Gasteiger partial charge is 0.495 e. The van der Waals surface area contributed by atoms with Gasteiger partial charge < -0.3 is 4.74 Å². The fourth-order valence-corrected chi connectivity index (χ4v) is 1.48. The van der Waals surface area contributed by atoms with Gasteiger partial charge in [0.15, 0.2) is 5.78 Å². The maximum absolute atomic E-state index is 12.7. The summed E-state index contributed by atoms with van der Waals surface area (Å²) in [5.74, 6) is -1.86. The Morgan fingerprint density at radius 2 is 1.58 bits per heavy atom. The zero-order valence-electron chi connectivity index (χ0n) is 9.74. The first-order valence-corrected chi connectivity index (χ1v) is 4.86. The molecule has 0 fully saturated rings. The Morgan fingerprint density at radius 3 is 1.89 bits per heavy atom. The molecule has 2 nitrogen and oxygen atoms in total. The van der Waals surface area contributed by atoms with Crippen LogP contribution in [-0.4, -0.2) is 12.9 Å². The molecule has 0 saturated heterocycles. The number of methoxy groups -OCH3 is 1. The van der Waals surface area contributed by atoms with Crippen molar-refractivity contribution in [1.82, 2.24) is 0 Å². The Morgan fingerprint density at radius 1 is 1.05 bits per heavy atom. The highest BCUT2D eigenvalue weighted by molar-refractivity contribution is 5.97. The van der Waals surface area contributed by atoms with E-state index in [0.29, 0.717) is 6.07 Å². The van der Waals surface area contributed by atoms with E-state index in [1.165, 1.54) is 0 Å². The van der Waals surface area contributed by atoms with Crippen LogP contribution >= 0.6 is 0 Å². The molecule has 0 aliphatic carbocycles. The van der Waals surface area contributed by atoms with E-state index in [1.807, 2.05) is 0 Å². The highest BCUT2D eigenvalue weighted by Gasteiger charge is 2.40. The van der Waals surface area contributed by atoms with Crippen molar-refractivity contribution in [2.24, 2.45) is 0 Å². The first kappa shape index (κ1) is 15.3. The summed E-state index contributed by atoms with van der Waals surface area (Å²) in [6, 6.07) is 0.266. The van der Waals surface area contributed by atoms with Crippen molar-refractivity contribution in [2.45, 2.75) is 19.3 Å². The highest BCUT2D eigenvalue weighted by atomic mass is 19.4. The number of hydrogen-bond acceptors (Lipinski definition) is 2. The zero-order valence-corrected chi connectivity index (χ0v) is 9.74. The van der Waals surface area contributed by atoms with Gasteiger partial charge in [-0.3, -0.25) is 4.79 Å². The van der Waals surface area contributed by atoms with Gasteiger partial charge in [-0.05, 0) is 19.1 Å². The third-order valence-electron chi connectivity index (χ3n) is 2.31. The van der Waals surface area contributed by atoms with Crippen molar-refractivity contribution in [1.29, 1.82) is 0 Å². The lowest BCUT2D eigenvalue weighted by atomic mass is 10.0. The normalized spacial score (nSPS) is 12.4. The monoisotopic (exact) mass is 286 g/mol. The molecule has 8 heteroatoms. The average Bonchev–Trinajstić information content (AvgIpc) is 2.24. The molecule has 0 saturated carbocycles. The molecule has 0 aromatic heterocycles. The van der Waals surface area contributed by atoms with Crippen LogP contribution < -0.4 is 4.74 Å². The molecule has 0 heterocycles. The molecule has 19 heavy (non-hydrogen) atoms. The molecule has 1 aromatic rings. The van der Waals surface area contributed by atoms with Gasteiger partial charge in [-0.15, -0.1) is 0 Å². The van der Waals surface area contributed by atoms with E-state index in [4.69, 9.17) is 0 Å². The van der Waals surface area contributed by atoms with Crippen LogP contribution in [-0.2, 0) is 12.4 Å². The quantitative estimate of drug-likeness (QED) is 0.608. The third kappa shape index (κ3) is 3.18. The second kappa shape index (κ2) is 4.75. The van der Waals surface area contributed by atoms with E-state index >= 15 is 0 Å². The molecule has 1 aromatic carbocycles. The van der Waals surface area contributed by atoms with Crippen LogP contribution in [0.3, 0.4) is 0 Å². The van der Waals surface area contributed by atoms with Crippen LogP contribution in [0.4, 0.5) is 26.3 Å². The Hall–Kier alpha value is -1.73. The predicted molar refractivity (Wildman–Crippen MR) is 53.0 cm³/mol. The van der Waals surface area contributed by atoms with Crippen LogP contribution in [0.2, 0.25) is 0 Å². The van der Waals surface area contributed by atoms with Gasteiger partial charge in [-0.25, -0.2) is 0 Å². The number of carbonyl (C=O) groups is 1. The van der Waals surface area contributed by atoms with E-state index in [1.54, 1.807) is 0 Å². The number of halogens is 6. The molecule has 0 N–H and O–H groups in total. The standard InChI is InChI=1S/C11H8F6O2/c1-5(18)7-3-6(10(12,13)14)4-8(9(7)19-2)11(15,16)17/h3-4H,1-2H3. The maximum atomic E-state index is 12.7. The Bertz CT molecular complexity index is 501. The summed E-state index contributed by atoms with van der Waals surface area (Å²) < 4.78 is 80.0. The fraction of sp³-hybridized carbons (Fsp3) is 0.364. The molecule has 0 atom stereocenters. The highest BCUT2D eigenvalue weighted by Crippen LogP contribution is 2.42. The molecule has 0 aliphatic heterocycles. The number of benzene rings is 1. The lowest BCUT2D eigenvalue weighted by Crippen LogP contribution is -2.15. The Balaban J connectivity index is 3.70. The third-order valence-corrected chi connectivity index (χ3v) is 2.31. The van der Waals surface area contributed by atoms with Crippen LogP contribution in [0, 0.1) is 0 Å². The number of ether oxygens (including phenoxy) is 1. The zero-order chi connectivity index (χ0) is 15.0. The van der Waals surface area contributed by atoms with Gasteiger partial charge in [-0.2, -0.15) is 26.3 Å². The van der Waals surface area contributed by atoms with Crippen molar-refractivity contribution in [3.8, 4) is 5.75 Å².